The van der Waals surface area contributed by atoms with Crippen molar-refractivity contribution in [2.24, 2.45) is 0 Å². The molecule has 0 bridgehead atoms. The maximum Gasteiger partial charge on any atom is 2.00 e. The van der Waals surface area contributed by atoms with E-state index in [1.807, 2.05) is 0 Å². The predicted octanol–water partition coefficient (Wildman–Crippen LogP) is 6.82. The normalized spacial score (nSPS) is 9.47. The van der Waals surface area contributed by atoms with Crippen LogP contribution in [0.15, 0.2) is 0 Å². The van der Waals surface area contributed by atoms with Crippen LogP contribution in [0.25, 0.3) is 0 Å². The van der Waals surface area contributed by atoms with Crippen molar-refractivity contribution < 1.29 is 63.9 Å². The zero-order valence-electron chi connectivity index (χ0n) is 26.4. The Morgan fingerprint density at radius 2 is 0.368 bits per heavy atom. The average molecular weight is 613 g/mol. The van der Waals surface area contributed by atoms with Crippen molar-refractivity contribution in [3.05, 3.63) is 0 Å². The number of unbranched alkanes of at least 4 members (excludes halogenated alkanes) is 20. The van der Waals surface area contributed by atoms with Crippen molar-refractivity contribution in [1.29, 1.82) is 0 Å². The molecule has 0 amide bonds. The van der Waals surface area contributed by atoms with E-state index in [0.717, 1.165) is 51.4 Å². The third kappa shape index (κ3) is 76.8. The van der Waals surface area contributed by atoms with Crippen molar-refractivity contribution in [3.8, 4) is 0 Å². The molecule has 0 aliphatic heterocycles. The van der Waals surface area contributed by atoms with Gasteiger partial charge in [0.1, 0.15) is 0 Å². The fourth-order valence-corrected chi connectivity index (χ4v) is 3.53. The Balaban J connectivity index is -0.0000000883. The molecule has 0 spiro atoms. The summed E-state index contributed by atoms with van der Waals surface area (Å²) in [5.41, 5.74) is 0. The number of hydrogen-bond acceptors (Lipinski definition) is 4. The van der Waals surface area contributed by atoms with E-state index >= 15 is 0 Å². The molecule has 4 nitrogen and oxygen atoms in total. The van der Waals surface area contributed by atoms with Gasteiger partial charge in [0.05, 0.1) is 0 Å². The first-order chi connectivity index (χ1) is 17.7. The maximum atomic E-state index is 9.96. The van der Waals surface area contributed by atoms with Crippen LogP contribution in [-0.4, -0.2) is 26.4 Å². The van der Waals surface area contributed by atoms with Crippen LogP contribution in [0.2, 0.25) is 0 Å². The molecule has 0 radical (unpaired) electrons. The van der Waals surface area contributed by atoms with Crippen LogP contribution in [0.4, 0.5) is 0 Å². The fourth-order valence-electron chi connectivity index (χ4n) is 3.53. The standard InChI is InChI=1S/4C8H17O.2Ti/c4*1-2-3-4-5-6-7-8-9;;/h4*2-8H2,1H3;;/q4*-1;2*+2. The summed E-state index contributed by atoms with van der Waals surface area (Å²) in [6.45, 7) is 9.28. The smallest absolute Gasteiger partial charge is 0.854 e. The van der Waals surface area contributed by atoms with E-state index in [4.69, 9.17) is 0 Å². The molecule has 0 N–H and O–H groups in total. The molecule has 0 heterocycles. The molecule has 38 heavy (non-hydrogen) atoms. The Morgan fingerprint density at radius 1 is 0.237 bits per heavy atom. The first-order valence-corrected chi connectivity index (χ1v) is 16.0. The van der Waals surface area contributed by atoms with Gasteiger partial charge < -0.3 is 20.4 Å². The molecule has 0 aromatic carbocycles. The van der Waals surface area contributed by atoms with Crippen molar-refractivity contribution in [2.45, 2.75) is 182 Å². The van der Waals surface area contributed by atoms with Gasteiger partial charge in [-0.2, -0.15) is 0 Å². The number of rotatable bonds is 24. The van der Waals surface area contributed by atoms with Crippen molar-refractivity contribution in [1.82, 2.24) is 0 Å². The van der Waals surface area contributed by atoms with E-state index in [2.05, 4.69) is 27.7 Å². The van der Waals surface area contributed by atoms with Gasteiger partial charge in [0.15, 0.2) is 0 Å². The molecular formula is C32H68O4Ti2. The molecule has 0 rings (SSSR count). The summed E-state index contributed by atoms with van der Waals surface area (Å²) >= 11 is 0. The maximum absolute atomic E-state index is 9.96. The van der Waals surface area contributed by atoms with Crippen LogP contribution in [0.5, 0.6) is 0 Å². The van der Waals surface area contributed by atoms with Crippen LogP contribution in [0, 0.1) is 0 Å². The third-order valence-electron chi connectivity index (χ3n) is 5.99. The van der Waals surface area contributed by atoms with Crippen molar-refractivity contribution >= 4 is 0 Å². The monoisotopic (exact) mass is 612 g/mol. The van der Waals surface area contributed by atoms with Crippen molar-refractivity contribution in [3.63, 3.8) is 0 Å². The average Bonchev–Trinajstić information content (AvgIpc) is 2.90. The van der Waals surface area contributed by atoms with Gasteiger partial charge in [-0.3, -0.25) is 0 Å². The zero-order chi connectivity index (χ0) is 27.8. The quantitative estimate of drug-likeness (QED) is 0.0883. The second-order valence-electron chi connectivity index (χ2n) is 9.89. The summed E-state index contributed by atoms with van der Waals surface area (Å²) in [6, 6.07) is 0. The molecule has 0 saturated heterocycles. The summed E-state index contributed by atoms with van der Waals surface area (Å²) in [6.07, 6.45) is 28.9. The largest absolute Gasteiger partial charge is 2.00 e. The first-order valence-electron chi connectivity index (χ1n) is 16.0. The summed E-state index contributed by atoms with van der Waals surface area (Å²) in [5.74, 6) is 0. The predicted molar refractivity (Wildman–Crippen MR) is 153 cm³/mol. The van der Waals surface area contributed by atoms with E-state index in [1.54, 1.807) is 0 Å². The Bertz CT molecular complexity index is 219. The third-order valence-corrected chi connectivity index (χ3v) is 5.99. The summed E-state index contributed by atoms with van der Waals surface area (Å²) < 4.78 is 0. The van der Waals surface area contributed by atoms with E-state index in [-0.39, 0.29) is 69.9 Å². The van der Waals surface area contributed by atoms with E-state index in [1.165, 1.54) is 103 Å². The van der Waals surface area contributed by atoms with E-state index < -0.39 is 0 Å². The molecule has 0 saturated carbocycles. The van der Waals surface area contributed by atoms with Crippen LogP contribution in [-0.2, 0) is 43.4 Å². The Morgan fingerprint density at radius 3 is 0.500 bits per heavy atom. The topological polar surface area (TPSA) is 92.2 Å². The zero-order valence-corrected chi connectivity index (χ0v) is 29.6. The SMILES string of the molecule is CCCCCCCC[O-].CCCCCCCC[O-].CCCCCCCC[O-].CCCCCCCC[O-].[Ti+2].[Ti+2]. The van der Waals surface area contributed by atoms with Crippen LogP contribution >= 0.6 is 0 Å². The Kier molecular flexibility index (Phi) is 84.8. The van der Waals surface area contributed by atoms with Gasteiger partial charge in [-0.1, -0.05) is 182 Å². The van der Waals surface area contributed by atoms with Crippen LogP contribution < -0.4 is 20.4 Å². The summed E-state index contributed by atoms with van der Waals surface area (Å²) in [7, 11) is 0. The van der Waals surface area contributed by atoms with Crippen LogP contribution in [0.1, 0.15) is 182 Å². The summed E-state index contributed by atoms with van der Waals surface area (Å²) in [5, 5.41) is 39.9. The van der Waals surface area contributed by atoms with Gasteiger partial charge in [0.25, 0.3) is 0 Å². The minimum Gasteiger partial charge on any atom is -0.854 e. The van der Waals surface area contributed by atoms with Gasteiger partial charge in [0, 0.05) is 0 Å². The number of hydrogen-bond donors (Lipinski definition) is 0. The molecule has 0 aromatic rings. The molecule has 228 valence electrons. The second-order valence-corrected chi connectivity index (χ2v) is 9.89. The molecule has 0 aromatic heterocycles. The Hall–Kier alpha value is 1.27. The van der Waals surface area contributed by atoms with E-state index in [0.29, 0.717) is 0 Å². The Labute approximate surface area is 270 Å². The van der Waals surface area contributed by atoms with E-state index in [9.17, 15) is 20.4 Å². The molecule has 0 aliphatic carbocycles. The minimum absolute atomic E-state index is 0. The molecule has 0 fully saturated rings. The first kappa shape index (κ1) is 52.0. The van der Waals surface area contributed by atoms with Gasteiger partial charge in [-0.05, 0) is 0 Å². The summed E-state index contributed by atoms with van der Waals surface area (Å²) in [4.78, 5) is 0. The second kappa shape index (κ2) is 62.0. The molecular weight excluding hydrogens is 544 g/mol. The molecule has 6 heteroatoms. The molecule has 0 aliphatic rings. The van der Waals surface area contributed by atoms with Gasteiger partial charge in [-0.15, -0.1) is 26.4 Å². The van der Waals surface area contributed by atoms with Gasteiger partial charge in [0.2, 0.25) is 0 Å². The van der Waals surface area contributed by atoms with Crippen LogP contribution in [0.3, 0.4) is 0 Å². The molecule has 0 unspecified atom stereocenters. The minimum atomic E-state index is 0. The molecule has 0 atom stereocenters. The van der Waals surface area contributed by atoms with Gasteiger partial charge in [-0.25, -0.2) is 0 Å². The van der Waals surface area contributed by atoms with Crippen molar-refractivity contribution in [2.75, 3.05) is 26.4 Å². The van der Waals surface area contributed by atoms with Gasteiger partial charge >= 0.3 is 43.4 Å². The fraction of sp³-hybridized carbons (Fsp3) is 1.00.